The number of aromatic amines is 1. The average molecular weight is 255 g/mol. The van der Waals surface area contributed by atoms with Gasteiger partial charge in [0, 0.05) is 35.4 Å². The van der Waals surface area contributed by atoms with Gasteiger partial charge in [-0.15, -0.1) is 0 Å². The Balaban J connectivity index is 1.94. The maximum atomic E-state index is 10.3. The zero-order valence-electron chi connectivity index (χ0n) is 10.2. The van der Waals surface area contributed by atoms with Crippen LogP contribution in [0.1, 0.15) is 12.2 Å². The van der Waals surface area contributed by atoms with Crippen LogP contribution in [-0.4, -0.2) is 16.4 Å². The van der Waals surface area contributed by atoms with Crippen LogP contribution in [0.15, 0.2) is 40.9 Å². The van der Waals surface area contributed by atoms with Gasteiger partial charge in [0.15, 0.2) is 5.88 Å². The fourth-order valence-corrected chi connectivity index (χ4v) is 2.14. The molecule has 0 fully saturated rings. The van der Waals surface area contributed by atoms with Crippen LogP contribution in [-0.2, 0) is 11.2 Å². The quantitative estimate of drug-likeness (QED) is 0.703. The molecule has 96 valence electrons. The van der Waals surface area contributed by atoms with Crippen LogP contribution < -0.4 is 0 Å². The van der Waals surface area contributed by atoms with Crippen molar-refractivity contribution in [3.05, 3.63) is 42.3 Å². The first-order chi connectivity index (χ1) is 9.28. The van der Waals surface area contributed by atoms with Crippen molar-refractivity contribution in [1.82, 2.24) is 4.98 Å². The molecule has 2 heterocycles. The highest BCUT2D eigenvalue weighted by Crippen LogP contribution is 2.30. The number of carbonyl (C=O) groups is 1. The van der Waals surface area contributed by atoms with Gasteiger partial charge in [0.2, 0.25) is 0 Å². The van der Waals surface area contributed by atoms with Gasteiger partial charge >= 0.3 is 0 Å². The number of aldehydes is 1. The molecule has 3 aromatic rings. The van der Waals surface area contributed by atoms with E-state index in [0.29, 0.717) is 12.8 Å². The van der Waals surface area contributed by atoms with E-state index < -0.39 is 0 Å². The number of carbonyl (C=O) groups excluding carboxylic acids is 1. The van der Waals surface area contributed by atoms with Crippen LogP contribution in [0.3, 0.4) is 0 Å². The van der Waals surface area contributed by atoms with Crippen molar-refractivity contribution in [2.24, 2.45) is 0 Å². The Kier molecular flexibility index (Phi) is 2.83. The molecule has 0 spiro atoms. The van der Waals surface area contributed by atoms with Crippen LogP contribution in [0, 0.1) is 0 Å². The van der Waals surface area contributed by atoms with E-state index in [1.54, 1.807) is 6.20 Å². The molecule has 0 aliphatic rings. The van der Waals surface area contributed by atoms with Gasteiger partial charge in [-0.2, -0.15) is 0 Å². The SMILES string of the molecule is O=CCCc1ccc(-c2ccc3c(O)[nH]cc3c2)o1. The van der Waals surface area contributed by atoms with E-state index >= 15 is 0 Å². The van der Waals surface area contributed by atoms with E-state index in [9.17, 15) is 9.90 Å². The summed E-state index contributed by atoms with van der Waals surface area (Å²) in [6, 6.07) is 9.49. The van der Waals surface area contributed by atoms with Crippen LogP contribution in [0.5, 0.6) is 5.88 Å². The second-order valence-electron chi connectivity index (χ2n) is 4.41. The molecule has 0 aliphatic carbocycles. The third-order valence-electron chi connectivity index (χ3n) is 3.13. The number of fused-ring (bicyclic) bond motifs is 1. The molecule has 0 radical (unpaired) electrons. The van der Waals surface area contributed by atoms with E-state index in [-0.39, 0.29) is 5.88 Å². The fraction of sp³-hybridized carbons (Fsp3) is 0.133. The van der Waals surface area contributed by atoms with Gasteiger partial charge in [0.05, 0.1) is 0 Å². The van der Waals surface area contributed by atoms with E-state index in [2.05, 4.69) is 4.98 Å². The molecular weight excluding hydrogens is 242 g/mol. The number of rotatable bonds is 4. The fourth-order valence-electron chi connectivity index (χ4n) is 2.14. The zero-order valence-corrected chi connectivity index (χ0v) is 10.2. The van der Waals surface area contributed by atoms with Crippen LogP contribution in [0.4, 0.5) is 0 Å². The number of aryl methyl sites for hydroxylation is 1. The summed E-state index contributed by atoms with van der Waals surface area (Å²) in [7, 11) is 0. The third kappa shape index (κ3) is 2.12. The lowest BCUT2D eigenvalue weighted by atomic mass is 10.1. The van der Waals surface area contributed by atoms with E-state index in [1.165, 1.54) is 0 Å². The zero-order chi connectivity index (χ0) is 13.2. The molecule has 0 aliphatic heterocycles. The van der Waals surface area contributed by atoms with Crippen molar-refractivity contribution >= 4 is 17.1 Å². The first-order valence-corrected chi connectivity index (χ1v) is 6.11. The molecule has 2 N–H and O–H groups in total. The van der Waals surface area contributed by atoms with Crippen LogP contribution in [0.25, 0.3) is 22.1 Å². The Morgan fingerprint density at radius 2 is 2.16 bits per heavy atom. The van der Waals surface area contributed by atoms with Crippen molar-refractivity contribution in [2.75, 3.05) is 0 Å². The minimum atomic E-state index is 0.174. The molecule has 4 heteroatoms. The molecular formula is C15H13NO3. The Morgan fingerprint density at radius 1 is 1.26 bits per heavy atom. The van der Waals surface area contributed by atoms with Crippen molar-refractivity contribution in [3.63, 3.8) is 0 Å². The highest BCUT2D eigenvalue weighted by atomic mass is 16.3. The largest absolute Gasteiger partial charge is 0.494 e. The Bertz CT molecular complexity index is 724. The van der Waals surface area contributed by atoms with E-state index in [1.807, 2.05) is 30.3 Å². The average Bonchev–Trinajstić information content (AvgIpc) is 3.04. The standard InChI is InChI=1S/C15H13NO3/c17-7-1-2-12-4-6-14(19-12)10-3-5-13-11(8-10)9-16-15(13)18/h3-9,16,18H,1-2H2. The monoisotopic (exact) mass is 255 g/mol. The molecule has 0 saturated carbocycles. The number of H-pyrrole nitrogens is 1. The number of hydrogen-bond acceptors (Lipinski definition) is 3. The van der Waals surface area contributed by atoms with Gasteiger partial charge in [-0.25, -0.2) is 0 Å². The van der Waals surface area contributed by atoms with E-state index in [4.69, 9.17) is 4.42 Å². The van der Waals surface area contributed by atoms with Crippen molar-refractivity contribution in [1.29, 1.82) is 0 Å². The van der Waals surface area contributed by atoms with Crippen LogP contribution in [0.2, 0.25) is 0 Å². The molecule has 3 rings (SSSR count). The van der Waals surface area contributed by atoms with Crippen LogP contribution >= 0.6 is 0 Å². The summed E-state index contributed by atoms with van der Waals surface area (Å²) in [4.78, 5) is 13.1. The molecule has 4 nitrogen and oxygen atoms in total. The number of nitrogens with one attached hydrogen (secondary N) is 1. The number of hydrogen-bond donors (Lipinski definition) is 2. The summed E-state index contributed by atoms with van der Waals surface area (Å²) in [5.74, 6) is 1.75. The van der Waals surface area contributed by atoms with Crippen molar-refractivity contribution in [3.8, 4) is 17.2 Å². The molecule has 1 aromatic carbocycles. The Morgan fingerprint density at radius 3 is 3.00 bits per heavy atom. The van der Waals surface area contributed by atoms with E-state index in [0.717, 1.165) is 34.1 Å². The summed E-state index contributed by atoms with van der Waals surface area (Å²) >= 11 is 0. The summed E-state index contributed by atoms with van der Waals surface area (Å²) in [6.45, 7) is 0. The first-order valence-electron chi connectivity index (χ1n) is 6.11. The summed E-state index contributed by atoms with van der Waals surface area (Å²) in [5, 5.41) is 11.3. The summed E-state index contributed by atoms with van der Waals surface area (Å²) < 4.78 is 5.70. The van der Waals surface area contributed by atoms with Gasteiger partial charge in [0.1, 0.15) is 17.8 Å². The lowest BCUT2D eigenvalue weighted by Crippen LogP contribution is -1.81. The smallest absolute Gasteiger partial charge is 0.196 e. The van der Waals surface area contributed by atoms with Gasteiger partial charge in [-0.05, 0) is 24.3 Å². The number of furan rings is 1. The molecule has 0 bridgehead atoms. The lowest BCUT2D eigenvalue weighted by molar-refractivity contribution is -0.107. The minimum Gasteiger partial charge on any atom is -0.494 e. The first kappa shape index (κ1) is 11.6. The maximum absolute atomic E-state index is 10.3. The molecule has 0 unspecified atom stereocenters. The van der Waals surface area contributed by atoms with Crippen molar-refractivity contribution in [2.45, 2.75) is 12.8 Å². The van der Waals surface area contributed by atoms with Gasteiger partial charge in [-0.3, -0.25) is 0 Å². The van der Waals surface area contributed by atoms with Crippen molar-refractivity contribution < 1.29 is 14.3 Å². The predicted octanol–water partition coefficient (Wildman–Crippen LogP) is 3.27. The molecule has 0 saturated heterocycles. The Labute approximate surface area is 109 Å². The molecule has 0 amide bonds. The summed E-state index contributed by atoms with van der Waals surface area (Å²) in [5.41, 5.74) is 0.948. The highest BCUT2D eigenvalue weighted by Gasteiger charge is 2.07. The number of aromatic nitrogens is 1. The minimum absolute atomic E-state index is 0.174. The topological polar surface area (TPSA) is 66.2 Å². The Hall–Kier alpha value is -2.49. The second kappa shape index (κ2) is 4.65. The lowest BCUT2D eigenvalue weighted by Gasteiger charge is -1.98. The van der Waals surface area contributed by atoms with Gasteiger partial charge in [-0.1, -0.05) is 6.07 Å². The predicted molar refractivity (Wildman–Crippen MR) is 72.1 cm³/mol. The molecule has 2 aromatic heterocycles. The van der Waals surface area contributed by atoms with Gasteiger partial charge < -0.3 is 19.3 Å². The number of benzene rings is 1. The van der Waals surface area contributed by atoms with Gasteiger partial charge in [0.25, 0.3) is 0 Å². The maximum Gasteiger partial charge on any atom is 0.196 e. The number of aromatic hydroxyl groups is 1. The molecule has 19 heavy (non-hydrogen) atoms. The molecule has 0 atom stereocenters. The second-order valence-corrected chi connectivity index (χ2v) is 4.41. The highest BCUT2D eigenvalue weighted by molar-refractivity contribution is 5.90. The summed E-state index contributed by atoms with van der Waals surface area (Å²) in [6.07, 6.45) is 3.73. The normalized spacial score (nSPS) is 10.9. The third-order valence-corrected chi connectivity index (χ3v) is 3.13.